The van der Waals surface area contributed by atoms with Crippen molar-refractivity contribution in [2.75, 3.05) is 25.9 Å². The highest BCUT2D eigenvalue weighted by molar-refractivity contribution is 5.97. The lowest BCUT2D eigenvalue weighted by Gasteiger charge is -2.21. The highest BCUT2D eigenvalue weighted by Gasteiger charge is 2.38. The maximum atomic E-state index is 12.4. The number of fused-ring (bicyclic) bond motifs is 1. The van der Waals surface area contributed by atoms with Gasteiger partial charge in [0, 0.05) is 30.4 Å². The lowest BCUT2D eigenvalue weighted by molar-refractivity contribution is 0.0926. The van der Waals surface area contributed by atoms with Crippen molar-refractivity contribution < 1.29 is 9.53 Å². The van der Waals surface area contributed by atoms with Crippen molar-refractivity contribution in [1.29, 1.82) is 0 Å². The lowest BCUT2D eigenvalue weighted by atomic mass is 10.1. The highest BCUT2D eigenvalue weighted by atomic mass is 16.5. The average Bonchev–Trinajstić information content (AvgIpc) is 3.03. The molecule has 5 heteroatoms. The van der Waals surface area contributed by atoms with E-state index >= 15 is 0 Å². The number of nitrogens with zero attached hydrogens (tertiary/aromatic N) is 1. The van der Waals surface area contributed by atoms with E-state index in [0.717, 1.165) is 13.0 Å². The second-order valence-electron chi connectivity index (χ2n) is 5.57. The molecule has 1 aromatic rings. The number of nitrogen functional groups attached to an aromatic ring is 1. The molecule has 2 saturated heterocycles. The first-order valence-corrected chi connectivity index (χ1v) is 7.17. The number of nitrogens with one attached hydrogen (secondary N) is 1. The molecular formula is C15H21N3O2. The SMILES string of the molecule is COc1cc(N)ccc1C(=O)NC1CCN2CCCC12. The van der Waals surface area contributed by atoms with E-state index in [1.165, 1.54) is 19.4 Å². The minimum absolute atomic E-state index is 0.0689. The van der Waals surface area contributed by atoms with Gasteiger partial charge < -0.3 is 15.8 Å². The maximum Gasteiger partial charge on any atom is 0.255 e. The summed E-state index contributed by atoms with van der Waals surface area (Å²) in [6.07, 6.45) is 3.46. The monoisotopic (exact) mass is 275 g/mol. The quantitative estimate of drug-likeness (QED) is 0.815. The first-order valence-electron chi connectivity index (χ1n) is 7.17. The van der Waals surface area contributed by atoms with E-state index in [-0.39, 0.29) is 11.9 Å². The summed E-state index contributed by atoms with van der Waals surface area (Å²) in [7, 11) is 1.56. The number of hydrogen-bond acceptors (Lipinski definition) is 4. The zero-order valence-corrected chi connectivity index (χ0v) is 11.8. The Morgan fingerprint density at radius 2 is 2.25 bits per heavy atom. The summed E-state index contributed by atoms with van der Waals surface area (Å²) in [4.78, 5) is 14.9. The van der Waals surface area contributed by atoms with E-state index in [0.29, 0.717) is 23.0 Å². The number of amides is 1. The number of methoxy groups -OCH3 is 1. The first-order chi connectivity index (χ1) is 9.69. The van der Waals surface area contributed by atoms with Crippen LogP contribution in [0.3, 0.4) is 0 Å². The fraction of sp³-hybridized carbons (Fsp3) is 0.533. The first kappa shape index (κ1) is 13.2. The predicted molar refractivity (Wildman–Crippen MR) is 77.9 cm³/mol. The van der Waals surface area contributed by atoms with Gasteiger partial charge in [-0.25, -0.2) is 0 Å². The zero-order chi connectivity index (χ0) is 14.1. The van der Waals surface area contributed by atoms with Crippen molar-refractivity contribution in [3.8, 4) is 5.75 Å². The molecule has 0 saturated carbocycles. The Morgan fingerprint density at radius 3 is 3.05 bits per heavy atom. The van der Waals surface area contributed by atoms with Crippen LogP contribution in [0.15, 0.2) is 18.2 Å². The summed E-state index contributed by atoms with van der Waals surface area (Å²) in [6.45, 7) is 2.26. The van der Waals surface area contributed by atoms with Crippen LogP contribution in [0.2, 0.25) is 0 Å². The normalized spacial score (nSPS) is 25.4. The zero-order valence-electron chi connectivity index (χ0n) is 11.8. The van der Waals surface area contributed by atoms with E-state index < -0.39 is 0 Å². The van der Waals surface area contributed by atoms with Crippen molar-refractivity contribution in [2.45, 2.75) is 31.3 Å². The van der Waals surface area contributed by atoms with Gasteiger partial charge in [0.15, 0.2) is 0 Å². The third-order valence-corrected chi connectivity index (χ3v) is 4.39. The van der Waals surface area contributed by atoms with Crippen LogP contribution >= 0.6 is 0 Å². The largest absolute Gasteiger partial charge is 0.496 e. The van der Waals surface area contributed by atoms with E-state index in [9.17, 15) is 4.79 Å². The number of benzene rings is 1. The highest BCUT2D eigenvalue weighted by Crippen LogP contribution is 2.29. The molecule has 3 rings (SSSR count). The third kappa shape index (κ3) is 2.33. The Labute approximate surface area is 119 Å². The summed E-state index contributed by atoms with van der Waals surface area (Å²) in [5.41, 5.74) is 6.87. The molecule has 20 heavy (non-hydrogen) atoms. The number of anilines is 1. The summed E-state index contributed by atoms with van der Waals surface area (Å²) in [5.74, 6) is 0.462. The van der Waals surface area contributed by atoms with Gasteiger partial charge in [0.25, 0.3) is 5.91 Å². The van der Waals surface area contributed by atoms with Gasteiger partial charge in [-0.15, -0.1) is 0 Å². The van der Waals surface area contributed by atoms with Crippen LogP contribution in [0, 0.1) is 0 Å². The molecule has 108 valence electrons. The number of nitrogens with two attached hydrogens (primary N) is 1. The van der Waals surface area contributed by atoms with Crippen molar-refractivity contribution in [2.24, 2.45) is 0 Å². The van der Waals surface area contributed by atoms with Crippen LogP contribution in [-0.4, -0.2) is 43.1 Å². The predicted octanol–water partition coefficient (Wildman–Crippen LogP) is 1.24. The molecule has 2 heterocycles. The Balaban J connectivity index is 1.73. The van der Waals surface area contributed by atoms with Gasteiger partial charge in [-0.3, -0.25) is 9.69 Å². The summed E-state index contributed by atoms with van der Waals surface area (Å²) in [5, 5.41) is 3.16. The summed E-state index contributed by atoms with van der Waals surface area (Å²) < 4.78 is 5.25. The fourth-order valence-corrected chi connectivity index (χ4v) is 3.39. The second-order valence-corrected chi connectivity index (χ2v) is 5.57. The molecule has 2 aliphatic rings. The van der Waals surface area contributed by atoms with Crippen molar-refractivity contribution >= 4 is 11.6 Å². The van der Waals surface area contributed by atoms with Gasteiger partial charge in [-0.2, -0.15) is 0 Å². The average molecular weight is 275 g/mol. The molecule has 2 aliphatic heterocycles. The number of hydrogen-bond donors (Lipinski definition) is 2. The third-order valence-electron chi connectivity index (χ3n) is 4.39. The van der Waals surface area contributed by atoms with Crippen molar-refractivity contribution in [3.63, 3.8) is 0 Å². The molecular weight excluding hydrogens is 254 g/mol. The molecule has 2 atom stereocenters. The minimum Gasteiger partial charge on any atom is -0.496 e. The molecule has 0 bridgehead atoms. The maximum absolute atomic E-state index is 12.4. The van der Waals surface area contributed by atoms with Gasteiger partial charge in [-0.1, -0.05) is 0 Å². The second kappa shape index (κ2) is 5.32. The van der Waals surface area contributed by atoms with Gasteiger partial charge in [0.2, 0.25) is 0 Å². The molecule has 3 N–H and O–H groups in total. The van der Waals surface area contributed by atoms with Gasteiger partial charge in [0.05, 0.1) is 12.7 Å². The number of carbonyl (C=O) groups excluding carboxylic acids is 1. The number of rotatable bonds is 3. The van der Waals surface area contributed by atoms with Crippen LogP contribution in [-0.2, 0) is 0 Å². The topological polar surface area (TPSA) is 67.6 Å². The molecule has 2 unspecified atom stereocenters. The molecule has 0 aliphatic carbocycles. The van der Waals surface area contributed by atoms with Gasteiger partial charge >= 0.3 is 0 Å². The molecule has 2 fully saturated rings. The van der Waals surface area contributed by atoms with Crippen LogP contribution < -0.4 is 15.8 Å². The molecule has 0 spiro atoms. The Bertz CT molecular complexity index is 518. The van der Waals surface area contributed by atoms with Crippen LogP contribution in [0.5, 0.6) is 5.75 Å². The fourth-order valence-electron chi connectivity index (χ4n) is 3.39. The van der Waals surface area contributed by atoms with E-state index in [1.54, 1.807) is 25.3 Å². The summed E-state index contributed by atoms with van der Waals surface area (Å²) in [6, 6.07) is 5.91. The van der Waals surface area contributed by atoms with Crippen LogP contribution in [0.25, 0.3) is 0 Å². The summed E-state index contributed by atoms with van der Waals surface area (Å²) >= 11 is 0. The molecule has 0 radical (unpaired) electrons. The Kier molecular flexibility index (Phi) is 3.53. The molecule has 1 aromatic carbocycles. The van der Waals surface area contributed by atoms with E-state index in [1.807, 2.05) is 0 Å². The smallest absolute Gasteiger partial charge is 0.255 e. The van der Waals surface area contributed by atoms with E-state index in [4.69, 9.17) is 10.5 Å². The standard InChI is InChI=1S/C15H21N3O2/c1-20-14-9-10(16)4-5-11(14)15(19)17-12-6-8-18-7-2-3-13(12)18/h4-5,9,12-13H,2-3,6-8,16H2,1H3,(H,17,19). The van der Waals surface area contributed by atoms with Crippen LogP contribution in [0.1, 0.15) is 29.6 Å². The number of ether oxygens (including phenoxy) is 1. The van der Waals surface area contributed by atoms with Crippen molar-refractivity contribution in [1.82, 2.24) is 10.2 Å². The number of carbonyl (C=O) groups is 1. The Morgan fingerprint density at radius 1 is 1.40 bits per heavy atom. The minimum atomic E-state index is -0.0689. The molecule has 1 amide bonds. The molecule has 5 nitrogen and oxygen atoms in total. The Hall–Kier alpha value is -1.75. The van der Waals surface area contributed by atoms with E-state index in [2.05, 4.69) is 10.2 Å². The van der Waals surface area contributed by atoms with Gasteiger partial charge in [-0.05, 0) is 37.9 Å². The van der Waals surface area contributed by atoms with Crippen LogP contribution in [0.4, 0.5) is 5.69 Å². The lowest BCUT2D eigenvalue weighted by Crippen LogP contribution is -2.42. The molecule has 0 aromatic heterocycles. The van der Waals surface area contributed by atoms with Gasteiger partial charge in [0.1, 0.15) is 5.75 Å². The van der Waals surface area contributed by atoms with Crippen molar-refractivity contribution in [3.05, 3.63) is 23.8 Å².